The summed E-state index contributed by atoms with van der Waals surface area (Å²) in [7, 11) is 0. The molecule has 41 heavy (non-hydrogen) atoms. The highest BCUT2D eigenvalue weighted by molar-refractivity contribution is 5.96. The van der Waals surface area contributed by atoms with Gasteiger partial charge in [0.1, 0.15) is 11.2 Å². The summed E-state index contributed by atoms with van der Waals surface area (Å²) >= 11 is 0. The van der Waals surface area contributed by atoms with Gasteiger partial charge >= 0.3 is 0 Å². The number of hydrogen-bond acceptors (Lipinski definition) is 5. The molecule has 6 aromatic rings. The number of fused-ring (bicyclic) bond motifs is 1. The number of rotatable bonds is 7. The van der Waals surface area contributed by atoms with E-state index in [1.165, 1.54) is 23.2 Å². The average molecular weight is 549 g/mol. The number of H-pyrrole nitrogens is 1. The number of carbonyl (C=O) groups excluding carboxylic acids is 1. The first-order chi connectivity index (χ1) is 20.0. The predicted octanol–water partition coefficient (Wildman–Crippen LogP) is 5.11. The molecule has 4 aromatic heterocycles. The molecule has 0 aliphatic carbocycles. The minimum atomic E-state index is -1.02. The van der Waals surface area contributed by atoms with Crippen LogP contribution >= 0.6 is 0 Å². The minimum absolute atomic E-state index is 0.0613. The molecular weight excluding hydrogens is 526 g/mol. The Labute approximate surface area is 232 Å². The second kappa shape index (κ2) is 10.9. The van der Waals surface area contributed by atoms with Crippen LogP contribution in [0, 0.1) is 11.6 Å². The van der Waals surface area contributed by atoms with Crippen molar-refractivity contribution in [3.63, 3.8) is 0 Å². The van der Waals surface area contributed by atoms with E-state index < -0.39 is 23.1 Å². The van der Waals surface area contributed by atoms with Crippen LogP contribution in [0.15, 0.2) is 103 Å². The van der Waals surface area contributed by atoms with Gasteiger partial charge in [-0.05, 0) is 47.0 Å². The molecular formula is C31H22F2N6O2. The number of amides is 1. The molecule has 0 aliphatic heterocycles. The fourth-order valence-corrected chi connectivity index (χ4v) is 4.61. The largest absolute Gasteiger partial charge is 0.348 e. The van der Waals surface area contributed by atoms with Gasteiger partial charge in [0.2, 0.25) is 0 Å². The summed E-state index contributed by atoms with van der Waals surface area (Å²) in [4.78, 5) is 41.8. The number of benzene rings is 2. The number of hydrogen-bond donors (Lipinski definition) is 2. The van der Waals surface area contributed by atoms with Crippen molar-refractivity contribution in [3.8, 4) is 22.3 Å². The lowest BCUT2D eigenvalue weighted by atomic mass is 10.0. The molecule has 8 nitrogen and oxygen atoms in total. The van der Waals surface area contributed by atoms with Crippen molar-refractivity contribution < 1.29 is 13.6 Å². The maximum atomic E-state index is 13.6. The van der Waals surface area contributed by atoms with E-state index in [-0.39, 0.29) is 18.7 Å². The van der Waals surface area contributed by atoms with Crippen LogP contribution in [0.4, 0.5) is 8.78 Å². The zero-order valence-electron chi connectivity index (χ0n) is 21.5. The summed E-state index contributed by atoms with van der Waals surface area (Å²) in [6.45, 7) is 0.111. The normalized spacial score (nSPS) is 11.1. The zero-order valence-corrected chi connectivity index (χ0v) is 21.5. The Morgan fingerprint density at radius 2 is 1.76 bits per heavy atom. The summed E-state index contributed by atoms with van der Waals surface area (Å²) in [5.74, 6) is -2.59. The average Bonchev–Trinajstić information content (AvgIpc) is 3.43. The molecule has 0 atom stereocenters. The number of carbonyl (C=O) groups is 1. The fraction of sp³-hybridized carbons (Fsp3) is 0.0645. The molecule has 0 saturated heterocycles. The summed E-state index contributed by atoms with van der Waals surface area (Å²) < 4.78 is 28.0. The lowest BCUT2D eigenvalue weighted by Gasteiger charge is -2.10. The van der Waals surface area contributed by atoms with Crippen molar-refractivity contribution in [2.75, 3.05) is 0 Å². The maximum absolute atomic E-state index is 13.6. The van der Waals surface area contributed by atoms with Crippen LogP contribution in [0.25, 0.3) is 33.3 Å². The predicted molar refractivity (Wildman–Crippen MR) is 150 cm³/mol. The van der Waals surface area contributed by atoms with Gasteiger partial charge in [0.15, 0.2) is 11.6 Å². The Morgan fingerprint density at radius 3 is 2.59 bits per heavy atom. The van der Waals surface area contributed by atoms with E-state index in [0.717, 1.165) is 51.0 Å². The third kappa shape index (κ3) is 5.35. The summed E-state index contributed by atoms with van der Waals surface area (Å²) in [5.41, 5.74) is 4.99. The van der Waals surface area contributed by atoms with Crippen LogP contribution in [-0.4, -0.2) is 30.4 Å². The number of nitrogens with one attached hydrogen (secondary N) is 2. The van der Waals surface area contributed by atoms with Gasteiger partial charge in [0.25, 0.3) is 11.5 Å². The first-order valence-corrected chi connectivity index (χ1v) is 12.7. The highest BCUT2D eigenvalue weighted by Crippen LogP contribution is 2.31. The standard InChI is InChI=1S/C31H22F2N6O2/c32-27-7-6-20(10-28(27)33)17-39-18-35-15-26(31(39)41)30(40)38-12-19-3-1-4-21(9-19)25-16-37-29-24(25)11-23(14-36-29)22-5-2-8-34-13-22/h1-11,13-16,18H,12,17H2,(H,36,37)(H,38,40). The van der Waals surface area contributed by atoms with Crippen LogP contribution in [0.3, 0.4) is 0 Å². The topological polar surface area (TPSA) is 106 Å². The molecule has 2 N–H and O–H groups in total. The molecule has 0 unspecified atom stereocenters. The van der Waals surface area contributed by atoms with Crippen molar-refractivity contribution in [2.45, 2.75) is 13.1 Å². The highest BCUT2D eigenvalue weighted by Gasteiger charge is 2.15. The number of pyridine rings is 2. The van der Waals surface area contributed by atoms with Crippen LogP contribution in [-0.2, 0) is 13.1 Å². The number of nitrogens with zero attached hydrogens (tertiary/aromatic N) is 4. The van der Waals surface area contributed by atoms with Gasteiger partial charge in [0, 0.05) is 59.6 Å². The van der Waals surface area contributed by atoms with Crippen LogP contribution in [0.2, 0.25) is 0 Å². The van der Waals surface area contributed by atoms with E-state index in [9.17, 15) is 18.4 Å². The number of aromatic amines is 1. The molecule has 4 heterocycles. The number of halogens is 2. The Morgan fingerprint density at radius 1 is 0.878 bits per heavy atom. The summed E-state index contributed by atoms with van der Waals surface area (Å²) in [5, 5.41) is 3.72. The van der Waals surface area contributed by atoms with E-state index in [4.69, 9.17) is 0 Å². The van der Waals surface area contributed by atoms with Crippen molar-refractivity contribution in [3.05, 3.63) is 137 Å². The third-order valence-electron chi connectivity index (χ3n) is 6.70. The van der Waals surface area contributed by atoms with E-state index in [2.05, 4.69) is 31.3 Å². The maximum Gasteiger partial charge on any atom is 0.266 e. The van der Waals surface area contributed by atoms with Crippen molar-refractivity contribution in [2.24, 2.45) is 0 Å². The van der Waals surface area contributed by atoms with Gasteiger partial charge in [-0.2, -0.15) is 0 Å². The van der Waals surface area contributed by atoms with E-state index >= 15 is 0 Å². The first-order valence-electron chi connectivity index (χ1n) is 12.7. The van der Waals surface area contributed by atoms with Gasteiger partial charge in [0.05, 0.1) is 12.9 Å². The van der Waals surface area contributed by atoms with Crippen LogP contribution < -0.4 is 10.9 Å². The van der Waals surface area contributed by atoms with Crippen LogP contribution in [0.1, 0.15) is 21.5 Å². The van der Waals surface area contributed by atoms with Gasteiger partial charge in [-0.3, -0.25) is 19.1 Å². The first kappa shape index (κ1) is 25.8. The van der Waals surface area contributed by atoms with Crippen molar-refractivity contribution >= 4 is 16.9 Å². The third-order valence-corrected chi connectivity index (χ3v) is 6.70. The molecule has 10 heteroatoms. The molecule has 2 aromatic carbocycles. The second-order valence-electron chi connectivity index (χ2n) is 9.44. The van der Waals surface area contributed by atoms with Gasteiger partial charge in [-0.15, -0.1) is 0 Å². The van der Waals surface area contributed by atoms with Gasteiger partial charge in [-0.1, -0.05) is 30.3 Å². The smallest absolute Gasteiger partial charge is 0.266 e. The SMILES string of the molecule is O=C(NCc1cccc(-c2c[nH]c3ncc(-c4cccnc4)cc23)c1)c1cncn(Cc2ccc(F)c(F)c2)c1=O. The molecule has 202 valence electrons. The van der Waals surface area contributed by atoms with Crippen molar-refractivity contribution in [1.82, 2.24) is 29.8 Å². The molecule has 0 fully saturated rings. The summed E-state index contributed by atoms with van der Waals surface area (Å²) in [6.07, 6.45) is 9.65. The Hall–Kier alpha value is -5.51. The van der Waals surface area contributed by atoms with E-state index in [1.54, 1.807) is 18.6 Å². The molecule has 0 aliphatic rings. The minimum Gasteiger partial charge on any atom is -0.348 e. The lowest BCUT2D eigenvalue weighted by molar-refractivity contribution is 0.0948. The van der Waals surface area contributed by atoms with E-state index in [1.807, 2.05) is 42.6 Å². The highest BCUT2D eigenvalue weighted by atomic mass is 19.2. The Balaban J connectivity index is 1.20. The zero-order chi connectivity index (χ0) is 28.3. The fourth-order valence-electron chi connectivity index (χ4n) is 4.61. The van der Waals surface area contributed by atoms with Gasteiger partial charge in [-0.25, -0.2) is 18.7 Å². The van der Waals surface area contributed by atoms with E-state index in [0.29, 0.717) is 5.56 Å². The van der Waals surface area contributed by atoms with Gasteiger partial charge < -0.3 is 10.3 Å². The Bertz CT molecular complexity index is 1950. The second-order valence-corrected chi connectivity index (χ2v) is 9.44. The molecule has 1 amide bonds. The number of aromatic nitrogens is 5. The molecule has 0 bridgehead atoms. The quantitative estimate of drug-likeness (QED) is 0.289. The molecule has 6 rings (SSSR count). The Kier molecular flexibility index (Phi) is 6.87. The van der Waals surface area contributed by atoms with Crippen LogP contribution in [0.5, 0.6) is 0 Å². The van der Waals surface area contributed by atoms with Crippen molar-refractivity contribution in [1.29, 1.82) is 0 Å². The monoisotopic (exact) mass is 548 g/mol. The molecule has 0 spiro atoms. The summed E-state index contributed by atoms with van der Waals surface area (Å²) in [6, 6.07) is 17.0. The molecule has 0 radical (unpaired) electrons. The lowest BCUT2D eigenvalue weighted by Crippen LogP contribution is -2.33. The molecule has 0 saturated carbocycles.